The lowest BCUT2D eigenvalue weighted by molar-refractivity contribution is 0.0693. The number of carbonyl (C=O) groups is 2. The van der Waals surface area contributed by atoms with Gasteiger partial charge in [0.25, 0.3) is 0 Å². The number of thioether (sulfide) groups is 1. The van der Waals surface area contributed by atoms with Crippen molar-refractivity contribution in [2.24, 2.45) is 0 Å². The van der Waals surface area contributed by atoms with Crippen LogP contribution in [0.3, 0.4) is 0 Å². The van der Waals surface area contributed by atoms with Gasteiger partial charge >= 0.3 is 5.97 Å². The molecule has 17 heavy (non-hydrogen) atoms. The number of nitrogens with zero attached hydrogens (tertiary/aromatic N) is 2. The average Bonchev–Trinajstić information content (AvgIpc) is 2.59. The maximum atomic E-state index is 12.0. The molecular weight excluding hydrogens is 240 g/mol. The van der Waals surface area contributed by atoms with Crippen molar-refractivity contribution in [2.75, 3.05) is 0 Å². The van der Waals surface area contributed by atoms with E-state index in [1.54, 1.807) is 0 Å². The van der Waals surface area contributed by atoms with Gasteiger partial charge in [0.05, 0.1) is 6.20 Å². The molecule has 5 nitrogen and oxygen atoms in total. The van der Waals surface area contributed by atoms with E-state index < -0.39 is 5.97 Å². The van der Waals surface area contributed by atoms with Gasteiger partial charge in [-0.15, -0.1) is 0 Å². The third kappa shape index (κ3) is 3.09. The molecule has 1 heterocycles. The minimum Gasteiger partial charge on any atom is -0.478 e. The van der Waals surface area contributed by atoms with E-state index in [1.807, 2.05) is 27.7 Å². The zero-order valence-electron chi connectivity index (χ0n) is 10.3. The molecule has 1 aromatic heterocycles. The minimum absolute atomic E-state index is 0.0307. The Balaban J connectivity index is 3.21. The average molecular weight is 256 g/mol. The third-order valence-electron chi connectivity index (χ3n) is 2.05. The summed E-state index contributed by atoms with van der Waals surface area (Å²) >= 11 is 1.11. The Kier molecular flexibility index (Phi) is 4.34. The number of aromatic carboxylic acids is 1. The number of hydrogen-bond donors (Lipinski definition) is 1. The van der Waals surface area contributed by atoms with Crippen molar-refractivity contribution in [2.45, 2.75) is 39.0 Å². The molecule has 1 rings (SSSR count). The first-order valence-electron chi connectivity index (χ1n) is 5.36. The van der Waals surface area contributed by atoms with Crippen molar-refractivity contribution in [3.05, 3.63) is 17.5 Å². The van der Waals surface area contributed by atoms with E-state index in [0.717, 1.165) is 11.8 Å². The largest absolute Gasteiger partial charge is 0.478 e. The zero-order chi connectivity index (χ0) is 13.2. The van der Waals surface area contributed by atoms with E-state index in [1.165, 1.54) is 10.9 Å². The van der Waals surface area contributed by atoms with Crippen molar-refractivity contribution in [1.82, 2.24) is 9.78 Å². The van der Waals surface area contributed by atoms with Gasteiger partial charge in [-0.1, -0.05) is 25.6 Å². The molecule has 1 aromatic rings. The van der Waals surface area contributed by atoms with Gasteiger partial charge in [-0.25, -0.2) is 4.79 Å². The lowest BCUT2D eigenvalue weighted by Gasteiger charge is -2.11. The number of carbonyl (C=O) groups excluding carboxylic acids is 1. The van der Waals surface area contributed by atoms with Crippen LogP contribution in [0.25, 0.3) is 0 Å². The van der Waals surface area contributed by atoms with E-state index in [2.05, 4.69) is 5.10 Å². The Hall–Kier alpha value is -1.30. The van der Waals surface area contributed by atoms with Crippen molar-refractivity contribution in [1.29, 1.82) is 0 Å². The molecule has 0 bridgehead atoms. The first kappa shape index (κ1) is 13.8. The lowest BCUT2D eigenvalue weighted by Crippen LogP contribution is -2.15. The van der Waals surface area contributed by atoms with Crippen LogP contribution in [-0.2, 0) is 0 Å². The van der Waals surface area contributed by atoms with Gasteiger partial charge in [-0.3, -0.25) is 9.48 Å². The lowest BCUT2D eigenvalue weighted by atomic mass is 10.2. The summed E-state index contributed by atoms with van der Waals surface area (Å²) in [5.41, 5.74) is 0.142. The van der Waals surface area contributed by atoms with E-state index in [0.29, 0.717) is 0 Å². The van der Waals surface area contributed by atoms with Crippen molar-refractivity contribution >= 4 is 22.8 Å². The van der Waals surface area contributed by atoms with Crippen LogP contribution in [0.15, 0.2) is 6.20 Å². The maximum Gasteiger partial charge on any atom is 0.339 e. The Morgan fingerprint density at radius 3 is 2.35 bits per heavy atom. The highest BCUT2D eigenvalue weighted by Crippen LogP contribution is 2.22. The number of carboxylic acid groups (broad SMARTS) is 1. The van der Waals surface area contributed by atoms with Crippen LogP contribution in [0, 0.1) is 0 Å². The second-order valence-electron chi connectivity index (χ2n) is 4.20. The van der Waals surface area contributed by atoms with Gasteiger partial charge in [0, 0.05) is 11.3 Å². The quantitative estimate of drug-likeness (QED) is 0.895. The molecular formula is C11H16N2O3S. The summed E-state index contributed by atoms with van der Waals surface area (Å²) < 4.78 is 1.46. The molecule has 0 saturated carbocycles. The van der Waals surface area contributed by atoms with Crippen LogP contribution in [-0.4, -0.2) is 31.2 Å². The fourth-order valence-corrected chi connectivity index (χ4v) is 2.13. The standard InChI is InChI=1S/C11H16N2O3S/c1-6(2)13-9(11(16)17-7(3)4)8(5-12-13)10(14)15/h5-7H,1-4H3,(H,14,15). The summed E-state index contributed by atoms with van der Waals surface area (Å²) in [4.78, 5) is 23.0. The van der Waals surface area contributed by atoms with Gasteiger partial charge < -0.3 is 5.11 Å². The van der Waals surface area contributed by atoms with E-state index in [9.17, 15) is 9.59 Å². The van der Waals surface area contributed by atoms with Gasteiger partial charge in [-0.2, -0.15) is 5.10 Å². The molecule has 0 amide bonds. The highest BCUT2D eigenvalue weighted by Gasteiger charge is 2.25. The smallest absolute Gasteiger partial charge is 0.339 e. The molecule has 0 radical (unpaired) electrons. The molecule has 6 heteroatoms. The molecule has 0 saturated heterocycles. The van der Waals surface area contributed by atoms with Gasteiger partial charge in [0.2, 0.25) is 5.12 Å². The van der Waals surface area contributed by atoms with E-state index in [4.69, 9.17) is 5.11 Å². The first-order valence-corrected chi connectivity index (χ1v) is 6.24. The molecule has 0 aliphatic rings. The van der Waals surface area contributed by atoms with Crippen LogP contribution in [0.5, 0.6) is 0 Å². The van der Waals surface area contributed by atoms with Gasteiger partial charge in [0.1, 0.15) is 11.3 Å². The molecule has 0 fully saturated rings. The Morgan fingerprint density at radius 2 is 1.94 bits per heavy atom. The number of rotatable bonds is 4. The fraction of sp³-hybridized carbons (Fsp3) is 0.545. The fourth-order valence-electron chi connectivity index (χ4n) is 1.38. The summed E-state index contributed by atoms with van der Waals surface area (Å²) in [7, 11) is 0. The summed E-state index contributed by atoms with van der Waals surface area (Å²) in [6.07, 6.45) is 1.23. The highest BCUT2D eigenvalue weighted by atomic mass is 32.2. The molecule has 0 spiro atoms. The van der Waals surface area contributed by atoms with E-state index >= 15 is 0 Å². The van der Waals surface area contributed by atoms with Crippen molar-refractivity contribution in [3.8, 4) is 0 Å². The molecule has 94 valence electrons. The third-order valence-corrected chi connectivity index (χ3v) is 2.93. The second kappa shape index (κ2) is 5.35. The maximum absolute atomic E-state index is 12.0. The van der Waals surface area contributed by atoms with Crippen molar-refractivity contribution in [3.63, 3.8) is 0 Å². The first-order chi connectivity index (χ1) is 7.84. The molecule has 0 aliphatic heterocycles. The van der Waals surface area contributed by atoms with E-state index in [-0.39, 0.29) is 27.7 Å². The molecule has 0 aromatic carbocycles. The molecule has 0 atom stereocenters. The van der Waals surface area contributed by atoms with Crippen LogP contribution < -0.4 is 0 Å². The van der Waals surface area contributed by atoms with Crippen LogP contribution in [0.2, 0.25) is 0 Å². The van der Waals surface area contributed by atoms with Crippen molar-refractivity contribution < 1.29 is 14.7 Å². The zero-order valence-corrected chi connectivity index (χ0v) is 11.1. The molecule has 0 unspecified atom stereocenters. The van der Waals surface area contributed by atoms with Crippen LogP contribution in [0.4, 0.5) is 0 Å². The number of hydrogen-bond acceptors (Lipinski definition) is 4. The minimum atomic E-state index is -1.12. The Labute approximate surface area is 104 Å². The SMILES string of the molecule is CC(C)SC(=O)c1c(C(=O)O)cnn1C(C)C. The monoisotopic (exact) mass is 256 g/mol. The van der Waals surface area contributed by atoms with Gasteiger partial charge in [-0.05, 0) is 13.8 Å². The number of carboxylic acids is 1. The summed E-state index contributed by atoms with van der Waals surface area (Å²) in [5, 5.41) is 12.9. The Morgan fingerprint density at radius 1 is 1.35 bits per heavy atom. The second-order valence-corrected chi connectivity index (χ2v) is 5.75. The van der Waals surface area contributed by atoms with Crippen LogP contribution in [0.1, 0.15) is 54.6 Å². The summed E-state index contributed by atoms with van der Waals surface area (Å²) in [5.74, 6) is -1.12. The normalized spacial score (nSPS) is 11.2. The predicted molar refractivity (Wildman–Crippen MR) is 66.6 cm³/mol. The molecule has 1 N–H and O–H groups in total. The summed E-state index contributed by atoms with van der Waals surface area (Å²) in [6.45, 7) is 7.49. The van der Waals surface area contributed by atoms with Crippen LogP contribution >= 0.6 is 11.8 Å². The summed E-state index contributed by atoms with van der Waals surface area (Å²) in [6, 6.07) is -0.0465. The highest BCUT2D eigenvalue weighted by molar-refractivity contribution is 8.14. The predicted octanol–water partition coefficient (Wildman–Crippen LogP) is 2.44. The van der Waals surface area contributed by atoms with Gasteiger partial charge in [0.15, 0.2) is 0 Å². The molecule has 0 aliphatic carbocycles. The Bertz CT molecular complexity index is 438. The topological polar surface area (TPSA) is 72.2 Å². The number of aromatic nitrogens is 2.